The maximum atomic E-state index is 11.3. The third kappa shape index (κ3) is 7.75. The van der Waals surface area contributed by atoms with Gasteiger partial charge in [-0.05, 0) is 51.6 Å². The van der Waals surface area contributed by atoms with Gasteiger partial charge in [-0.1, -0.05) is 79.7 Å². The zero-order chi connectivity index (χ0) is 30.0. The maximum absolute atomic E-state index is 11.3. The van der Waals surface area contributed by atoms with Crippen LogP contribution in [0.25, 0.3) is 0 Å². The van der Waals surface area contributed by atoms with Gasteiger partial charge in [0.2, 0.25) is 0 Å². The molecule has 1 heterocycles. The minimum Gasteiger partial charge on any atom is -0.507 e. The molecule has 0 spiro atoms. The van der Waals surface area contributed by atoms with Gasteiger partial charge in [0.15, 0.2) is 0 Å². The molecule has 0 saturated carbocycles. The van der Waals surface area contributed by atoms with E-state index in [1.807, 2.05) is 24.3 Å². The van der Waals surface area contributed by atoms with Crippen molar-refractivity contribution in [2.75, 3.05) is 23.7 Å². The number of phenolic OH excluding ortho intramolecular Hbond substituents is 2. The summed E-state index contributed by atoms with van der Waals surface area (Å²) in [5.41, 5.74) is 7.75. The van der Waals surface area contributed by atoms with Gasteiger partial charge >= 0.3 is 0 Å². The van der Waals surface area contributed by atoms with E-state index in [1.165, 1.54) is 11.1 Å². The molecule has 3 aromatic carbocycles. The van der Waals surface area contributed by atoms with Crippen LogP contribution in [0.3, 0.4) is 0 Å². The average molecular weight is 559 g/mol. The monoisotopic (exact) mass is 558 g/mol. The van der Waals surface area contributed by atoms with Crippen LogP contribution in [-0.2, 0) is 37.0 Å². The van der Waals surface area contributed by atoms with E-state index in [9.17, 15) is 10.2 Å². The third-order valence-corrected chi connectivity index (χ3v) is 7.97. The van der Waals surface area contributed by atoms with Crippen LogP contribution in [0.1, 0.15) is 88.8 Å². The summed E-state index contributed by atoms with van der Waals surface area (Å²) in [4.78, 5) is 0. The number of aromatic hydroxyl groups is 2. The molecular formula is C35H50N4O2. The Hall–Kier alpha value is -3.22. The Kier molecular flexibility index (Phi) is 8.95. The van der Waals surface area contributed by atoms with Gasteiger partial charge in [0.1, 0.15) is 11.5 Å². The number of rotatable bonds is 0. The molecule has 1 aliphatic heterocycles. The first-order chi connectivity index (χ1) is 19.1. The summed E-state index contributed by atoms with van der Waals surface area (Å²) in [6, 6.07) is 16.6. The van der Waals surface area contributed by atoms with E-state index in [4.69, 9.17) is 0 Å². The van der Waals surface area contributed by atoms with Gasteiger partial charge in [0.25, 0.3) is 0 Å². The Balaban J connectivity index is 1.73. The fourth-order valence-electron chi connectivity index (χ4n) is 5.23. The lowest BCUT2D eigenvalue weighted by Crippen LogP contribution is -2.37. The number of phenols is 2. The predicted octanol–water partition coefficient (Wildman–Crippen LogP) is 7.14. The summed E-state index contributed by atoms with van der Waals surface area (Å²) < 4.78 is 0. The van der Waals surface area contributed by atoms with Crippen LogP contribution in [0.2, 0.25) is 0 Å². The molecule has 0 aliphatic carbocycles. The molecule has 0 saturated heterocycles. The van der Waals surface area contributed by atoms with Crippen molar-refractivity contribution < 1.29 is 10.2 Å². The van der Waals surface area contributed by atoms with Gasteiger partial charge in [0, 0.05) is 61.5 Å². The molecule has 6 N–H and O–H groups in total. The maximum Gasteiger partial charge on any atom is 0.125 e. The smallest absolute Gasteiger partial charge is 0.125 e. The first kappa shape index (κ1) is 30.7. The van der Waals surface area contributed by atoms with Gasteiger partial charge in [-0.2, -0.15) is 0 Å². The molecule has 0 radical (unpaired) electrons. The highest BCUT2D eigenvalue weighted by Crippen LogP contribution is 2.35. The summed E-state index contributed by atoms with van der Waals surface area (Å²) in [6.07, 6.45) is 0. The molecule has 0 atom stereocenters. The van der Waals surface area contributed by atoms with Crippen molar-refractivity contribution in [2.24, 2.45) is 5.41 Å². The highest BCUT2D eigenvalue weighted by atomic mass is 16.3. The Morgan fingerprint density at radius 3 is 1.27 bits per heavy atom. The fourth-order valence-corrected chi connectivity index (χ4v) is 5.23. The molecule has 41 heavy (non-hydrogen) atoms. The molecule has 4 bridgehead atoms. The molecule has 6 nitrogen and oxygen atoms in total. The second-order valence-electron chi connectivity index (χ2n) is 14.4. The second kappa shape index (κ2) is 11.9. The van der Waals surface area contributed by atoms with E-state index >= 15 is 0 Å². The van der Waals surface area contributed by atoms with Gasteiger partial charge in [-0.15, -0.1) is 0 Å². The number of anilines is 2. The van der Waals surface area contributed by atoms with Crippen molar-refractivity contribution in [1.82, 2.24) is 10.6 Å². The first-order valence-electron chi connectivity index (χ1n) is 14.8. The van der Waals surface area contributed by atoms with Crippen LogP contribution in [-0.4, -0.2) is 23.3 Å². The minimum absolute atomic E-state index is 0.0339. The molecule has 6 heteroatoms. The number of hydrogen-bond donors (Lipinski definition) is 6. The van der Waals surface area contributed by atoms with E-state index in [2.05, 4.69) is 101 Å². The summed E-state index contributed by atoms with van der Waals surface area (Å²) in [5, 5.41) is 36.9. The summed E-state index contributed by atoms with van der Waals surface area (Å²) >= 11 is 0. The van der Waals surface area contributed by atoms with Gasteiger partial charge < -0.3 is 31.5 Å². The molecule has 1 aliphatic rings. The van der Waals surface area contributed by atoms with Crippen LogP contribution >= 0.6 is 0 Å². The van der Waals surface area contributed by atoms with E-state index in [0.717, 1.165) is 46.7 Å². The largest absolute Gasteiger partial charge is 0.507 e. The van der Waals surface area contributed by atoms with E-state index < -0.39 is 0 Å². The van der Waals surface area contributed by atoms with Crippen LogP contribution in [0.15, 0.2) is 48.5 Å². The Bertz CT molecular complexity index is 1260. The fraction of sp³-hybridized carbons (Fsp3) is 0.486. The normalized spacial score (nSPS) is 16.8. The Morgan fingerprint density at radius 1 is 0.585 bits per heavy atom. The second-order valence-corrected chi connectivity index (χ2v) is 14.4. The summed E-state index contributed by atoms with van der Waals surface area (Å²) in [7, 11) is 0. The Labute approximate surface area is 247 Å². The van der Waals surface area contributed by atoms with Crippen molar-refractivity contribution in [3.63, 3.8) is 0 Å². The summed E-state index contributed by atoms with van der Waals surface area (Å²) in [5.74, 6) is 0.681. The van der Waals surface area contributed by atoms with E-state index in [1.54, 1.807) is 0 Å². The van der Waals surface area contributed by atoms with Crippen LogP contribution in [0.4, 0.5) is 11.4 Å². The Morgan fingerprint density at radius 2 is 0.927 bits per heavy atom. The predicted molar refractivity (Wildman–Crippen MR) is 172 cm³/mol. The zero-order valence-corrected chi connectivity index (χ0v) is 26.3. The molecule has 4 rings (SSSR count). The highest BCUT2D eigenvalue weighted by molar-refractivity contribution is 5.69. The van der Waals surface area contributed by atoms with Gasteiger partial charge in [-0.3, -0.25) is 0 Å². The van der Waals surface area contributed by atoms with Crippen LogP contribution < -0.4 is 21.3 Å². The number of hydrogen-bond acceptors (Lipinski definition) is 6. The minimum atomic E-state index is -0.0449. The lowest BCUT2D eigenvalue weighted by molar-refractivity contribution is 0.317. The van der Waals surface area contributed by atoms with E-state index in [0.29, 0.717) is 37.7 Å². The quantitative estimate of drug-likeness (QED) is 0.176. The lowest BCUT2D eigenvalue weighted by atomic mass is 9.84. The van der Waals surface area contributed by atoms with Crippen molar-refractivity contribution in [2.45, 2.75) is 92.4 Å². The molecule has 0 unspecified atom stereocenters. The molecule has 0 aromatic heterocycles. The number of benzene rings is 3. The van der Waals surface area contributed by atoms with Gasteiger partial charge in [-0.25, -0.2) is 0 Å². The van der Waals surface area contributed by atoms with Gasteiger partial charge in [0.05, 0.1) is 11.4 Å². The van der Waals surface area contributed by atoms with Crippen molar-refractivity contribution in [3.8, 4) is 11.5 Å². The van der Waals surface area contributed by atoms with Crippen LogP contribution in [0.5, 0.6) is 11.5 Å². The molecule has 3 aromatic rings. The lowest BCUT2D eigenvalue weighted by Gasteiger charge is -2.27. The number of fused-ring (bicyclic) bond motifs is 5. The number of para-hydroxylation sites is 2. The number of nitrogens with one attached hydrogen (secondary N) is 4. The average Bonchev–Trinajstić information content (AvgIpc) is 2.87. The SMILES string of the molecule is CC1(C)CNCc2cc(C(C)(C)C)cc(c2O)CNc2ccccc2NCc2cc(C(C)(C)C)cc(c2O)CNC1. The third-order valence-electron chi connectivity index (χ3n) is 7.97. The molecule has 0 amide bonds. The topological polar surface area (TPSA) is 88.6 Å². The van der Waals surface area contributed by atoms with Crippen molar-refractivity contribution in [3.05, 3.63) is 81.9 Å². The molecule has 222 valence electrons. The first-order valence-corrected chi connectivity index (χ1v) is 14.8. The van der Waals surface area contributed by atoms with Crippen LogP contribution in [0, 0.1) is 5.41 Å². The summed E-state index contributed by atoms with van der Waals surface area (Å²) in [6.45, 7) is 21.4. The van der Waals surface area contributed by atoms with Crippen molar-refractivity contribution >= 4 is 11.4 Å². The zero-order valence-electron chi connectivity index (χ0n) is 26.3. The standard InChI is InChI=1S/C35H50N4O2/c1-33(2,3)27-13-23-17-36-21-35(7,8)22-37-18-24-14-28(34(4,5)6)16-26(32(24)41)20-39-30-12-10-9-11-29(30)38-19-25(15-27)31(23)40/h9-16,36-41H,17-22H2,1-8H3. The highest BCUT2D eigenvalue weighted by Gasteiger charge is 2.23. The van der Waals surface area contributed by atoms with Crippen molar-refractivity contribution in [1.29, 1.82) is 0 Å². The molecule has 0 fully saturated rings. The molecular weight excluding hydrogens is 508 g/mol. The van der Waals surface area contributed by atoms with E-state index in [-0.39, 0.29) is 16.2 Å².